The maximum absolute atomic E-state index is 13.4. The van der Waals surface area contributed by atoms with Gasteiger partial charge in [0.1, 0.15) is 17.2 Å². The van der Waals surface area contributed by atoms with Crippen molar-refractivity contribution in [3.05, 3.63) is 89.9 Å². The fourth-order valence-electron chi connectivity index (χ4n) is 3.56. The van der Waals surface area contributed by atoms with Crippen LogP contribution in [0.1, 0.15) is 24.5 Å². The van der Waals surface area contributed by atoms with Crippen molar-refractivity contribution in [1.82, 2.24) is 9.88 Å². The molecule has 1 aliphatic rings. The number of hydrogen-bond acceptors (Lipinski definition) is 6. The largest absolute Gasteiger partial charge is 0.497 e. The number of rotatable bonds is 9. The zero-order valence-electron chi connectivity index (χ0n) is 18.6. The molecule has 168 valence electrons. The van der Waals surface area contributed by atoms with E-state index in [1.54, 1.807) is 43.8 Å². The predicted molar refractivity (Wildman–Crippen MR) is 126 cm³/mol. The van der Waals surface area contributed by atoms with Gasteiger partial charge in [-0.25, -0.2) is 0 Å². The molecule has 2 heterocycles. The van der Waals surface area contributed by atoms with Gasteiger partial charge in [-0.2, -0.15) is 0 Å². The van der Waals surface area contributed by atoms with E-state index in [-0.39, 0.29) is 18.1 Å². The first kappa shape index (κ1) is 22.1. The Hall–Kier alpha value is -4.13. The zero-order valence-corrected chi connectivity index (χ0v) is 18.6. The number of nitrogens with one attached hydrogen (secondary N) is 1. The van der Waals surface area contributed by atoms with Crippen LogP contribution in [0.4, 0.5) is 5.69 Å². The molecule has 0 saturated carbocycles. The standard InChI is InChI=1S/C26H25N3O4/c1-3-14-33-21-11-9-19(10-12-21)23-24(28-20-7-4-8-22(15-20)32-2)26(31)29(25(23)30)17-18-6-5-13-27-16-18/h4-13,15-16,28H,3,14,17H2,1-2H3. The highest BCUT2D eigenvalue weighted by Crippen LogP contribution is 2.33. The molecule has 0 unspecified atom stereocenters. The minimum atomic E-state index is -0.395. The van der Waals surface area contributed by atoms with Crippen LogP contribution in [0.25, 0.3) is 5.57 Å². The Balaban J connectivity index is 1.70. The summed E-state index contributed by atoms with van der Waals surface area (Å²) in [4.78, 5) is 32.1. The maximum Gasteiger partial charge on any atom is 0.278 e. The van der Waals surface area contributed by atoms with Gasteiger partial charge < -0.3 is 14.8 Å². The number of carbonyl (C=O) groups excluding carboxylic acids is 2. The van der Waals surface area contributed by atoms with Gasteiger partial charge >= 0.3 is 0 Å². The summed E-state index contributed by atoms with van der Waals surface area (Å²) in [6.45, 7) is 2.78. The number of anilines is 1. The second-order valence-corrected chi connectivity index (χ2v) is 7.54. The lowest BCUT2D eigenvalue weighted by molar-refractivity contribution is -0.137. The monoisotopic (exact) mass is 443 g/mol. The van der Waals surface area contributed by atoms with E-state index in [1.165, 1.54) is 4.90 Å². The molecule has 0 bridgehead atoms. The zero-order chi connectivity index (χ0) is 23.2. The average molecular weight is 444 g/mol. The van der Waals surface area contributed by atoms with Crippen molar-refractivity contribution < 1.29 is 19.1 Å². The highest BCUT2D eigenvalue weighted by Gasteiger charge is 2.39. The number of ether oxygens (including phenoxy) is 2. The van der Waals surface area contributed by atoms with Crippen molar-refractivity contribution in [2.75, 3.05) is 19.0 Å². The molecule has 4 rings (SSSR count). The summed E-state index contributed by atoms with van der Waals surface area (Å²) in [6.07, 6.45) is 4.20. The van der Waals surface area contributed by atoms with E-state index in [0.717, 1.165) is 12.0 Å². The molecule has 2 amide bonds. The average Bonchev–Trinajstić information content (AvgIpc) is 3.08. The molecule has 0 aliphatic carbocycles. The topological polar surface area (TPSA) is 80.8 Å². The number of amides is 2. The van der Waals surface area contributed by atoms with Crippen molar-refractivity contribution in [3.63, 3.8) is 0 Å². The minimum Gasteiger partial charge on any atom is -0.497 e. The molecule has 1 aromatic heterocycles. The molecule has 1 N–H and O–H groups in total. The van der Waals surface area contributed by atoms with E-state index in [1.807, 2.05) is 43.3 Å². The number of nitrogens with zero attached hydrogens (tertiary/aromatic N) is 2. The van der Waals surface area contributed by atoms with Crippen LogP contribution in [0.15, 0.2) is 78.8 Å². The number of hydrogen-bond donors (Lipinski definition) is 1. The van der Waals surface area contributed by atoms with Crippen LogP contribution in [-0.4, -0.2) is 35.4 Å². The molecule has 0 spiro atoms. The lowest BCUT2D eigenvalue weighted by Crippen LogP contribution is -2.32. The summed E-state index contributed by atoms with van der Waals surface area (Å²) in [5, 5.41) is 3.15. The van der Waals surface area contributed by atoms with Crippen LogP contribution in [0.3, 0.4) is 0 Å². The Morgan fingerprint density at radius 3 is 2.48 bits per heavy atom. The highest BCUT2D eigenvalue weighted by molar-refractivity contribution is 6.36. The number of carbonyl (C=O) groups is 2. The first-order valence-corrected chi connectivity index (χ1v) is 10.7. The molecule has 1 aliphatic heterocycles. The Bertz CT molecular complexity index is 1170. The van der Waals surface area contributed by atoms with E-state index >= 15 is 0 Å². The van der Waals surface area contributed by atoms with Gasteiger partial charge in [-0.05, 0) is 47.9 Å². The van der Waals surface area contributed by atoms with Gasteiger partial charge in [-0.3, -0.25) is 19.5 Å². The van der Waals surface area contributed by atoms with Crippen molar-refractivity contribution in [1.29, 1.82) is 0 Å². The molecule has 33 heavy (non-hydrogen) atoms. The number of methoxy groups -OCH3 is 1. The Kier molecular flexibility index (Phi) is 6.69. The molecular formula is C26H25N3O4. The second-order valence-electron chi connectivity index (χ2n) is 7.54. The highest BCUT2D eigenvalue weighted by atomic mass is 16.5. The molecular weight excluding hydrogens is 418 g/mol. The number of aromatic nitrogens is 1. The first-order chi connectivity index (χ1) is 16.1. The smallest absolute Gasteiger partial charge is 0.278 e. The second kappa shape index (κ2) is 9.99. The van der Waals surface area contributed by atoms with Crippen LogP contribution >= 0.6 is 0 Å². The number of pyridine rings is 1. The van der Waals surface area contributed by atoms with Gasteiger partial charge in [0.2, 0.25) is 0 Å². The van der Waals surface area contributed by atoms with Gasteiger partial charge in [0.15, 0.2) is 0 Å². The normalized spacial score (nSPS) is 13.5. The van der Waals surface area contributed by atoms with Gasteiger partial charge in [0.25, 0.3) is 11.8 Å². The van der Waals surface area contributed by atoms with Crippen LogP contribution in [0.2, 0.25) is 0 Å². The van der Waals surface area contributed by atoms with Crippen LogP contribution < -0.4 is 14.8 Å². The van der Waals surface area contributed by atoms with E-state index in [4.69, 9.17) is 9.47 Å². The van der Waals surface area contributed by atoms with Crippen molar-refractivity contribution in [2.45, 2.75) is 19.9 Å². The summed E-state index contributed by atoms with van der Waals surface area (Å²) in [6, 6.07) is 18.0. The third-order valence-corrected chi connectivity index (χ3v) is 5.19. The van der Waals surface area contributed by atoms with Gasteiger partial charge in [-0.15, -0.1) is 0 Å². The minimum absolute atomic E-state index is 0.135. The lowest BCUT2D eigenvalue weighted by atomic mass is 10.0. The molecule has 0 radical (unpaired) electrons. The Morgan fingerprint density at radius 1 is 0.970 bits per heavy atom. The van der Waals surface area contributed by atoms with Crippen molar-refractivity contribution in [3.8, 4) is 11.5 Å². The van der Waals surface area contributed by atoms with E-state index < -0.39 is 5.91 Å². The molecule has 0 atom stereocenters. The molecule has 7 heteroatoms. The van der Waals surface area contributed by atoms with Gasteiger partial charge in [0.05, 0.1) is 25.8 Å². The fraction of sp³-hybridized carbons (Fsp3) is 0.192. The molecule has 0 saturated heterocycles. The van der Waals surface area contributed by atoms with E-state index in [2.05, 4.69) is 10.3 Å². The Labute approximate surface area is 192 Å². The summed E-state index contributed by atoms with van der Waals surface area (Å²) in [5.41, 5.74) is 2.59. The lowest BCUT2D eigenvalue weighted by Gasteiger charge is -2.15. The van der Waals surface area contributed by atoms with Crippen LogP contribution in [0, 0.1) is 0 Å². The fourth-order valence-corrected chi connectivity index (χ4v) is 3.56. The van der Waals surface area contributed by atoms with Gasteiger partial charge in [-0.1, -0.05) is 31.2 Å². The number of imide groups is 1. The maximum atomic E-state index is 13.4. The quantitative estimate of drug-likeness (QED) is 0.498. The van der Waals surface area contributed by atoms with Crippen molar-refractivity contribution in [2.24, 2.45) is 0 Å². The molecule has 7 nitrogen and oxygen atoms in total. The molecule has 0 fully saturated rings. The SMILES string of the molecule is CCCOc1ccc(C2=C(Nc3cccc(OC)c3)C(=O)N(Cc3cccnc3)C2=O)cc1. The Morgan fingerprint density at radius 2 is 1.79 bits per heavy atom. The first-order valence-electron chi connectivity index (χ1n) is 10.7. The molecule has 2 aromatic carbocycles. The van der Waals surface area contributed by atoms with Crippen LogP contribution in [-0.2, 0) is 16.1 Å². The van der Waals surface area contributed by atoms with Gasteiger partial charge in [0, 0.05) is 24.1 Å². The predicted octanol–water partition coefficient (Wildman–Crippen LogP) is 4.27. The number of benzene rings is 2. The summed E-state index contributed by atoms with van der Waals surface area (Å²) in [5.74, 6) is 0.598. The summed E-state index contributed by atoms with van der Waals surface area (Å²) < 4.78 is 10.9. The summed E-state index contributed by atoms with van der Waals surface area (Å²) >= 11 is 0. The third kappa shape index (κ3) is 4.87. The summed E-state index contributed by atoms with van der Waals surface area (Å²) in [7, 11) is 1.58. The van der Waals surface area contributed by atoms with Crippen LogP contribution in [0.5, 0.6) is 11.5 Å². The van der Waals surface area contributed by atoms with Crippen molar-refractivity contribution >= 4 is 23.1 Å². The molecule has 3 aromatic rings. The van der Waals surface area contributed by atoms with E-state index in [9.17, 15) is 9.59 Å². The third-order valence-electron chi connectivity index (χ3n) is 5.19. The van der Waals surface area contributed by atoms with E-state index in [0.29, 0.717) is 34.9 Å².